The summed E-state index contributed by atoms with van der Waals surface area (Å²) in [6.45, 7) is 0.117. The highest BCUT2D eigenvalue weighted by Gasteiger charge is 2.17. The molecule has 2 rings (SSSR count). The number of carbonyl (C=O) groups excluding carboxylic acids is 1. The van der Waals surface area contributed by atoms with Gasteiger partial charge < -0.3 is 5.11 Å². The number of rotatable bonds is 7. The van der Waals surface area contributed by atoms with Gasteiger partial charge in [0.05, 0.1) is 13.0 Å². The van der Waals surface area contributed by atoms with Crippen LogP contribution in [0.4, 0.5) is 0 Å². The van der Waals surface area contributed by atoms with Crippen molar-refractivity contribution >= 4 is 23.5 Å². The molecule has 1 N–H and O–H groups in total. The van der Waals surface area contributed by atoms with E-state index in [1.165, 1.54) is 0 Å². The van der Waals surface area contributed by atoms with Gasteiger partial charge in [-0.3, -0.25) is 14.4 Å². The Balaban J connectivity index is 2.05. The van der Waals surface area contributed by atoms with Crippen LogP contribution in [-0.4, -0.2) is 28.6 Å². The maximum absolute atomic E-state index is 12.4. The lowest BCUT2D eigenvalue weighted by Crippen LogP contribution is -2.33. The Morgan fingerprint density at radius 3 is 2.30 bits per heavy atom. The van der Waals surface area contributed by atoms with Gasteiger partial charge in [-0.05, 0) is 29.8 Å². The molecular weight excluding hydrogens is 318 g/mol. The molecule has 6 heteroatoms. The van der Waals surface area contributed by atoms with E-state index in [2.05, 4.69) is 0 Å². The normalized spacial score (nSPS) is 10.3. The molecule has 0 fully saturated rings. The van der Waals surface area contributed by atoms with Gasteiger partial charge in [-0.15, -0.1) is 0 Å². The maximum atomic E-state index is 12.4. The molecule has 0 aliphatic heterocycles. The van der Waals surface area contributed by atoms with E-state index in [1.54, 1.807) is 54.6 Å². The van der Waals surface area contributed by atoms with Crippen LogP contribution in [-0.2, 0) is 16.2 Å². The number of carbonyl (C=O) groups is 2. The zero-order valence-electron chi connectivity index (χ0n) is 12.3. The average Bonchev–Trinajstić information content (AvgIpc) is 2.56. The summed E-state index contributed by atoms with van der Waals surface area (Å²) in [5.74, 6) is -1.37. The lowest BCUT2D eigenvalue weighted by molar-refractivity contribution is -0.148. The van der Waals surface area contributed by atoms with E-state index in [0.29, 0.717) is 10.6 Å². The highest BCUT2D eigenvalue weighted by Crippen LogP contribution is 2.12. The third-order valence-corrected chi connectivity index (χ3v) is 3.33. The van der Waals surface area contributed by atoms with E-state index in [0.717, 1.165) is 10.6 Å². The van der Waals surface area contributed by atoms with Crippen LogP contribution in [0.5, 0.6) is 0 Å². The van der Waals surface area contributed by atoms with E-state index >= 15 is 0 Å². The summed E-state index contributed by atoms with van der Waals surface area (Å²) in [7, 11) is 0. The average molecular weight is 334 g/mol. The first-order chi connectivity index (χ1) is 11.1. The molecule has 0 saturated heterocycles. The van der Waals surface area contributed by atoms with Crippen LogP contribution in [0.1, 0.15) is 22.3 Å². The Morgan fingerprint density at radius 2 is 1.70 bits per heavy atom. The number of hydrogen-bond acceptors (Lipinski definition) is 3. The zero-order valence-corrected chi connectivity index (χ0v) is 13.1. The molecule has 0 spiro atoms. The number of carboxylic acids is 1. The van der Waals surface area contributed by atoms with Crippen molar-refractivity contribution in [3.05, 3.63) is 70.7 Å². The van der Waals surface area contributed by atoms with Crippen molar-refractivity contribution in [2.45, 2.75) is 13.0 Å². The summed E-state index contributed by atoms with van der Waals surface area (Å²) in [5.41, 5.74) is 1.27. The first kappa shape index (κ1) is 17.0. The van der Waals surface area contributed by atoms with Gasteiger partial charge in [0, 0.05) is 10.6 Å². The number of aliphatic carboxylic acids is 1. The van der Waals surface area contributed by atoms with Crippen LogP contribution in [0.25, 0.3) is 0 Å². The number of halogens is 1. The summed E-state index contributed by atoms with van der Waals surface area (Å²) in [4.78, 5) is 28.7. The lowest BCUT2D eigenvalue weighted by Gasteiger charge is -2.21. The summed E-state index contributed by atoms with van der Waals surface area (Å²) < 4.78 is 0. The second-order valence-corrected chi connectivity index (χ2v) is 5.25. The van der Waals surface area contributed by atoms with Crippen molar-refractivity contribution in [2.75, 3.05) is 6.54 Å². The quantitative estimate of drug-likeness (QED) is 0.789. The molecule has 0 radical (unpaired) electrons. The molecule has 2 aromatic carbocycles. The monoisotopic (exact) mass is 333 g/mol. The van der Waals surface area contributed by atoms with Gasteiger partial charge in [0.1, 0.15) is 6.61 Å². The largest absolute Gasteiger partial charge is 0.481 e. The lowest BCUT2D eigenvalue weighted by atomic mass is 10.2. The van der Waals surface area contributed by atoms with Gasteiger partial charge in [0.2, 0.25) is 0 Å². The fourth-order valence-corrected chi connectivity index (χ4v) is 2.01. The maximum Gasteiger partial charge on any atom is 0.305 e. The highest BCUT2D eigenvalue weighted by atomic mass is 35.5. The molecule has 0 aromatic heterocycles. The minimum atomic E-state index is -0.994. The molecule has 23 heavy (non-hydrogen) atoms. The molecular formula is C17H16ClNO4. The molecule has 0 aliphatic carbocycles. The van der Waals surface area contributed by atoms with Crippen LogP contribution in [0.3, 0.4) is 0 Å². The summed E-state index contributed by atoms with van der Waals surface area (Å²) >= 11 is 5.82. The van der Waals surface area contributed by atoms with Crippen molar-refractivity contribution in [1.29, 1.82) is 0 Å². The van der Waals surface area contributed by atoms with Gasteiger partial charge in [0.15, 0.2) is 0 Å². The molecule has 0 heterocycles. The van der Waals surface area contributed by atoms with E-state index in [4.69, 9.17) is 21.5 Å². The van der Waals surface area contributed by atoms with Crippen molar-refractivity contribution in [1.82, 2.24) is 5.06 Å². The standard InChI is InChI=1S/C17H16ClNO4/c18-15-8-6-13(7-9-15)12-23-19(11-10-16(20)21)17(22)14-4-2-1-3-5-14/h1-9H,10-12H2,(H,20,21). The Kier molecular flexibility index (Phi) is 6.14. The summed E-state index contributed by atoms with van der Waals surface area (Å²) in [6, 6.07) is 15.6. The molecule has 5 nitrogen and oxygen atoms in total. The Bertz CT molecular complexity index is 658. The fraction of sp³-hybridized carbons (Fsp3) is 0.176. The van der Waals surface area contributed by atoms with Gasteiger partial charge in [-0.1, -0.05) is 41.9 Å². The zero-order chi connectivity index (χ0) is 16.7. The molecule has 2 aromatic rings. The Morgan fingerprint density at radius 1 is 1.04 bits per heavy atom. The molecule has 1 amide bonds. The summed E-state index contributed by atoms with van der Waals surface area (Å²) in [6.07, 6.45) is -0.195. The second kappa shape index (κ2) is 8.31. The number of benzene rings is 2. The van der Waals surface area contributed by atoms with E-state index in [9.17, 15) is 9.59 Å². The Labute approximate surface area is 139 Å². The van der Waals surface area contributed by atoms with E-state index < -0.39 is 5.97 Å². The third kappa shape index (κ3) is 5.39. The number of hydrogen-bond donors (Lipinski definition) is 1. The minimum absolute atomic E-state index is 0.0311. The number of nitrogens with zero attached hydrogens (tertiary/aromatic N) is 1. The topological polar surface area (TPSA) is 66.8 Å². The number of carboxylic acid groups (broad SMARTS) is 1. The van der Waals surface area contributed by atoms with Crippen LogP contribution < -0.4 is 0 Å². The van der Waals surface area contributed by atoms with Crippen LogP contribution >= 0.6 is 11.6 Å². The van der Waals surface area contributed by atoms with Crippen molar-refractivity contribution < 1.29 is 19.5 Å². The molecule has 0 unspecified atom stereocenters. The van der Waals surface area contributed by atoms with Gasteiger partial charge in [-0.2, -0.15) is 0 Å². The van der Waals surface area contributed by atoms with Crippen molar-refractivity contribution in [3.8, 4) is 0 Å². The van der Waals surface area contributed by atoms with Crippen molar-refractivity contribution in [2.24, 2.45) is 0 Å². The van der Waals surface area contributed by atoms with Gasteiger partial charge in [0.25, 0.3) is 5.91 Å². The van der Waals surface area contributed by atoms with Gasteiger partial charge >= 0.3 is 5.97 Å². The summed E-state index contributed by atoms with van der Waals surface area (Å²) in [5, 5.41) is 10.5. The predicted molar refractivity (Wildman–Crippen MR) is 86.0 cm³/mol. The predicted octanol–water partition coefficient (Wildman–Crippen LogP) is 3.39. The highest BCUT2D eigenvalue weighted by molar-refractivity contribution is 6.30. The second-order valence-electron chi connectivity index (χ2n) is 4.82. The molecule has 0 aliphatic rings. The van der Waals surface area contributed by atoms with Crippen LogP contribution in [0, 0.1) is 0 Å². The van der Waals surface area contributed by atoms with Crippen LogP contribution in [0.2, 0.25) is 5.02 Å². The van der Waals surface area contributed by atoms with Crippen LogP contribution in [0.15, 0.2) is 54.6 Å². The minimum Gasteiger partial charge on any atom is -0.481 e. The number of amides is 1. The van der Waals surface area contributed by atoms with E-state index in [-0.39, 0.29) is 25.5 Å². The molecule has 0 atom stereocenters. The first-order valence-electron chi connectivity index (χ1n) is 7.02. The SMILES string of the molecule is O=C(O)CCN(OCc1ccc(Cl)cc1)C(=O)c1ccccc1. The molecule has 120 valence electrons. The van der Waals surface area contributed by atoms with Crippen molar-refractivity contribution in [3.63, 3.8) is 0 Å². The van der Waals surface area contributed by atoms with E-state index in [1.807, 2.05) is 0 Å². The first-order valence-corrected chi connectivity index (χ1v) is 7.40. The smallest absolute Gasteiger partial charge is 0.305 e. The Hall–Kier alpha value is -2.37. The number of hydroxylamine groups is 2. The fourth-order valence-electron chi connectivity index (χ4n) is 1.88. The third-order valence-electron chi connectivity index (χ3n) is 3.08. The molecule has 0 bridgehead atoms. The van der Waals surface area contributed by atoms with Gasteiger partial charge in [-0.25, -0.2) is 5.06 Å². The molecule has 0 saturated carbocycles.